The van der Waals surface area contributed by atoms with E-state index in [-0.39, 0.29) is 5.91 Å². The van der Waals surface area contributed by atoms with Crippen molar-refractivity contribution in [3.63, 3.8) is 0 Å². The van der Waals surface area contributed by atoms with Gasteiger partial charge in [-0.2, -0.15) is 0 Å². The summed E-state index contributed by atoms with van der Waals surface area (Å²) in [5.41, 5.74) is 8.04. The van der Waals surface area contributed by atoms with E-state index < -0.39 is 5.91 Å². The minimum Gasteiger partial charge on any atom is -0.457 e. The Morgan fingerprint density at radius 2 is 1.30 bits per heavy atom. The van der Waals surface area contributed by atoms with Crippen LogP contribution in [0.3, 0.4) is 0 Å². The fourth-order valence-corrected chi connectivity index (χ4v) is 3.05. The van der Waals surface area contributed by atoms with Gasteiger partial charge in [0.15, 0.2) is 0 Å². The van der Waals surface area contributed by atoms with Gasteiger partial charge in [-0.05, 0) is 86.6 Å². The number of benzene rings is 3. The van der Waals surface area contributed by atoms with Crippen LogP contribution >= 0.6 is 0 Å². The molecule has 30 heavy (non-hydrogen) atoms. The Kier molecular flexibility index (Phi) is 6.70. The fraction of sp³-hybridized carbons (Fsp3) is 0.167. The molecule has 0 aromatic heterocycles. The SMILES string of the molecule is CCN(CC)c1ccc(NC(=O)c2ccc(Oc3ccc(C(N)=O)cc3)cc2)cc1. The first-order valence-corrected chi connectivity index (χ1v) is 9.84. The normalized spacial score (nSPS) is 10.3. The predicted molar refractivity (Wildman–Crippen MR) is 119 cm³/mol. The number of carbonyl (C=O) groups is 2. The lowest BCUT2D eigenvalue weighted by molar-refractivity contribution is 0.0997. The maximum absolute atomic E-state index is 12.5. The number of nitrogens with one attached hydrogen (secondary N) is 1. The Morgan fingerprint density at radius 1 is 0.800 bits per heavy atom. The number of carbonyl (C=O) groups excluding carboxylic acids is 2. The lowest BCUT2D eigenvalue weighted by atomic mass is 10.2. The van der Waals surface area contributed by atoms with Gasteiger partial charge in [-0.25, -0.2) is 0 Å². The molecule has 0 aliphatic rings. The quantitative estimate of drug-likeness (QED) is 0.572. The molecule has 0 spiro atoms. The lowest BCUT2D eigenvalue weighted by Crippen LogP contribution is -2.21. The molecule has 2 amide bonds. The van der Waals surface area contributed by atoms with Crippen molar-refractivity contribution in [3.8, 4) is 11.5 Å². The number of nitrogens with two attached hydrogens (primary N) is 1. The molecule has 0 saturated heterocycles. The Labute approximate surface area is 176 Å². The van der Waals surface area contributed by atoms with E-state index in [1.807, 2.05) is 24.3 Å². The Hall–Kier alpha value is -3.80. The molecular weight excluding hydrogens is 378 g/mol. The van der Waals surface area contributed by atoms with Crippen LogP contribution in [0.15, 0.2) is 72.8 Å². The van der Waals surface area contributed by atoms with Crippen molar-refractivity contribution in [1.82, 2.24) is 0 Å². The molecule has 0 fully saturated rings. The summed E-state index contributed by atoms with van der Waals surface area (Å²) < 4.78 is 5.73. The van der Waals surface area contributed by atoms with Crippen LogP contribution in [-0.2, 0) is 0 Å². The summed E-state index contributed by atoms with van der Waals surface area (Å²) in [7, 11) is 0. The smallest absolute Gasteiger partial charge is 0.255 e. The van der Waals surface area contributed by atoms with Crippen molar-refractivity contribution in [1.29, 1.82) is 0 Å². The third-order valence-corrected chi connectivity index (χ3v) is 4.74. The Balaban J connectivity index is 1.61. The number of hydrogen-bond acceptors (Lipinski definition) is 4. The van der Waals surface area contributed by atoms with Gasteiger partial charge in [-0.3, -0.25) is 9.59 Å². The van der Waals surface area contributed by atoms with E-state index in [1.54, 1.807) is 48.5 Å². The van der Waals surface area contributed by atoms with Crippen molar-refractivity contribution < 1.29 is 14.3 Å². The predicted octanol–water partition coefficient (Wildman–Crippen LogP) is 4.68. The monoisotopic (exact) mass is 403 g/mol. The molecule has 0 radical (unpaired) electrons. The van der Waals surface area contributed by atoms with Crippen molar-refractivity contribution in [2.45, 2.75) is 13.8 Å². The molecule has 3 aromatic rings. The van der Waals surface area contributed by atoms with Crippen LogP contribution in [0.5, 0.6) is 11.5 Å². The van der Waals surface area contributed by atoms with Crippen molar-refractivity contribution in [2.24, 2.45) is 5.73 Å². The second-order valence-corrected chi connectivity index (χ2v) is 6.69. The minimum atomic E-state index is -0.486. The zero-order chi connectivity index (χ0) is 21.5. The molecule has 3 rings (SSSR count). The number of hydrogen-bond donors (Lipinski definition) is 2. The molecule has 0 saturated carbocycles. The molecule has 0 unspecified atom stereocenters. The highest BCUT2D eigenvalue weighted by molar-refractivity contribution is 6.04. The second-order valence-electron chi connectivity index (χ2n) is 6.69. The van der Waals surface area contributed by atoms with E-state index >= 15 is 0 Å². The van der Waals surface area contributed by atoms with Crippen LogP contribution in [0.1, 0.15) is 34.6 Å². The number of ether oxygens (including phenoxy) is 1. The summed E-state index contributed by atoms with van der Waals surface area (Å²) >= 11 is 0. The largest absolute Gasteiger partial charge is 0.457 e. The van der Waals surface area contributed by atoms with Crippen LogP contribution in [0.2, 0.25) is 0 Å². The highest BCUT2D eigenvalue weighted by Gasteiger charge is 2.08. The van der Waals surface area contributed by atoms with Crippen LogP contribution in [0, 0.1) is 0 Å². The summed E-state index contributed by atoms with van der Waals surface area (Å²) in [4.78, 5) is 25.9. The van der Waals surface area contributed by atoms with E-state index in [0.29, 0.717) is 22.6 Å². The van der Waals surface area contributed by atoms with Gasteiger partial charge in [0.25, 0.3) is 5.91 Å². The third kappa shape index (κ3) is 5.17. The van der Waals surface area contributed by atoms with Crippen molar-refractivity contribution in [2.75, 3.05) is 23.3 Å². The highest BCUT2D eigenvalue weighted by atomic mass is 16.5. The summed E-state index contributed by atoms with van der Waals surface area (Å²) in [6.45, 7) is 6.10. The maximum Gasteiger partial charge on any atom is 0.255 e. The van der Waals surface area contributed by atoms with Gasteiger partial charge in [0, 0.05) is 35.6 Å². The van der Waals surface area contributed by atoms with Crippen molar-refractivity contribution >= 4 is 23.2 Å². The average molecular weight is 403 g/mol. The lowest BCUT2D eigenvalue weighted by Gasteiger charge is -2.21. The van der Waals surface area contributed by atoms with Gasteiger partial charge >= 0.3 is 0 Å². The van der Waals surface area contributed by atoms with Gasteiger partial charge in [0.2, 0.25) is 5.91 Å². The number of primary amides is 1. The van der Waals surface area contributed by atoms with E-state index in [9.17, 15) is 9.59 Å². The fourth-order valence-electron chi connectivity index (χ4n) is 3.05. The maximum atomic E-state index is 12.5. The highest BCUT2D eigenvalue weighted by Crippen LogP contribution is 2.23. The molecule has 6 nitrogen and oxygen atoms in total. The van der Waals surface area contributed by atoms with Crippen LogP contribution in [0.25, 0.3) is 0 Å². The van der Waals surface area contributed by atoms with Gasteiger partial charge in [-0.1, -0.05) is 0 Å². The van der Waals surface area contributed by atoms with Gasteiger partial charge < -0.3 is 20.7 Å². The topological polar surface area (TPSA) is 84.7 Å². The number of rotatable bonds is 8. The van der Waals surface area contributed by atoms with E-state index in [1.165, 1.54) is 0 Å². The third-order valence-electron chi connectivity index (χ3n) is 4.74. The molecular formula is C24H25N3O3. The first-order chi connectivity index (χ1) is 14.5. The summed E-state index contributed by atoms with van der Waals surface area (Å²) in [6.07, 6.45) is 0. The summed E-state index contributed by atoms with van der Waals surface area (Å²) in [6, 6.07) is 21.2. The first-order valence-electron chi connectivity index (χ1n) is 9.84. The number of amides is 2. The Bertz CT molecular complexity index is 993. The van der Waals surface area contributed by atoms with Gasteiger partial charge in [-0.15, -0.1) is 0 Å². The molecule has 0 aliphatic heterocycles. The molecule has 3 N–H and O–H groups in total. The molecule has 0 aliphatic carbocycles. The molecule has 0 atom stereocenters. The van der Waals surface area contributed by atoms with Gasteiger partial charge in [0.05, 0.1) is 0 Å². The van der Waals surface area contributed by atoms with Crippen molar-refractivity contribution in [3.05, 3.63) is 83.9 Å². The summed E-state index contributed by atoms with van der Waals surface area (Å²) in [5.74, 6) is 0.481. The van der Waals surface area contributed by atoms with Crippen LogP contribution in [0.4, 0.5) is 11.4 Å². The molecule has 0 heterocycles. The standard InChI is InChI=1S/C24H25N3O3/c1-3-27(4-2)20-11-9-19(10-12-20)26-24(29)18-7-15-22(16-8-18)30-21-13-5-17(6-14-21)23(25)28/h5-16H,3-4H2,1-2H3,(H2,25,28)(H,26,29). The zero-order valence-corrected chi connectivity index (χ0v) is 17.1. The minimum absolute atomic E-state index is 0.192. The van der Waals surface area contributed by atoms with Crippen LogP contribution in [-0.4, -0.2) is 24.9 Å². The molecule has 6 heteroatoms. The van der Waals surface area contributed by atoms with E-state index in [2.05, 4.69) is 24.1 Å². The van der Waals surface area contributed by atoms with Gasteiger partial charge in [0.1, 0.15) is 11.5 Å². The number of anilines is 2. The molecule has 3 aromatic carbocycles. The zero-order valence-electron chi connectivity index (χ0n) is 17.1. The molecule has 0 bridgehead atoms. The van der Waals surface area contributed by atoms with Crippen LogP contribution < -0.4 is 20.7 Å². The first kappa shape index (κ1) is 20.9. The Morgan fingerprint density at radius 3 is 1.77 bits per heavy atom. The van der Waals surface area contributed by atoms with E-state index in [4.69, 9.17) is 10.5 Å². The average Bonchev–Trinajstić information content (AvgIpc) is 2.76. The molecule has 154 valence electrons. The second kappa shape index (κ2) is 9.60. The van der Waals surface area contributed by atoms with E-state index in [0.717, 1.165) is 24.5 Å². The summed E-state index contributed by atoms with van der Waals surface area (Å²) in [5, 5.41) is 2.90. The number of nitrogens with zero attached hydrogens (tertiary/aromatic N) is 1.